The van der Waals surface area contributed by atoms with Gasteiger partial charge in [0.15, 0.2) is 0 Å². The maximum Gasteiger partial charge on any atom is 0.236 e. The van der Waals surface area contributed by atoms with Crippen molar-refractivity contribution in [1.82, 2.24) is 5.32 Å². The lowest BCUT2D eigenvalue weighted by molar-refractivity contribution is -0.117. The molecule has 3 heteroatoms. The van der Waals surface area contributed by atoms with Gasteiger partial charge in [-0.2, -0.15) is 0 Å². The average molecular weight is 152 g/mol. The van der Waals surface area contributed by atoms with Gasteiger partial charge in [-0.25, -0.2) is 0 Å². The van der Waals surface area contributed by atoms with Crippen molar-refractivity contribution in [3.8, 4) is 0 Å². The third-order valence-corrected chi connectivity index (χ3v) is 1.49. The Balaban J connectivity index is 2.26. The molecule has 0 radical (unpaired) electrons. The molecule has 1 amide bonds. The molecular weight excluding hydrogens is 140 g/mol. The summed E-state index contributed by atoms with van der Waals surface area (Å²) in [6, 6.07) is 0. The van der Waals surface area contributed by atoms with Gasteiger partial charge in [-0.1, -0.05) is 18.2 Å². The van der Waals surface area contributed by atoms with E-state index in [0.29, 0.717) is 0 Å². The Kier molecular flexibility index (Phi) is 2.72. The lowest BCUT2D eigenvalue weighted by Crippen LogP contribution is -2.28. The largest absolute Gasteiger partial charge is 0.380 e. The fraction of sp³-hybridized carbons (Fsp3) is 0.375. The highest BCUT2D eigenvalue weighted by Crippen LogP contribution is 2.06. The molecule has 0 heterocycles. The molecular formula is C8H12N2O. The van der Waals surface area contributed by atoms with Crippen LogP contribution >= 0.6 is 0 Å². The highest BCUT2D eigenvalue weighted by atomic mass is 16.1. The summed E-state index contributed by atoms with van der Waals surface area (Å²) in [5, 5.41) is 2.96. The second kappa shape index (κ2) is 3.81. The van der Waals surface area contributed by atoms with Crippen LogP contribution in [0.3, 0.4) is 0 Å². The normalized spacial score (nSPS) is 15.8. The van der Waals surface area contributed by atoms with E-state index in [1.54, 1.807) is 0 Å². The van der Waals surface area contributed by atoms with E-state index in [1.807, 2.05) is 0 Å². The Labute approximate surface area is 66.0 Å². The van der Waals surface area contributed by atoms with E-state index < -0.39 is 0 Å². The summed E-state index contributed by atoms with van der Waals surface area (Å²) in [5.41, 5.74) is 6.05. The fourth-order valence-electron chi connectivity index (χ4n) is 0.945. The summed E-state index contributed by atoms with van der Waals surface area (Å²) in [6.07, 6.45) is 8.05. The van der Waals surface area contributed by atoms with Gasteiger partial charge in [-0.05, 0) is 6.42 Å². The number of hydrogen-bond donors (Lipinski definition) is 2. The number of allylic oxidation sites excluding steroid dienone is 3. The first-order chi connectivity index (χ1) is 5.29. The van der Waals surface area contributed by atoms with Crippen molar-refractivity contribution in [2.24, 2.45) is 5.73 Å². The predicted octanol–water partition coefficient (Wildman–Crippen LogP) is 0.295. The van der Waals surface area contributed by atoms with Crippen LogP contribution in [0.2, 0.25) is 0 Å². The molecule has 0 aromatic rings. The van der Waals surface area contributed by atoms with Crippen LogP contribution in [0.4, 0.5) is 0 Å². The molecule has 0 bridgehead atoms. The van der Waals surface area contributed by atoms with Crippen LogP contribution in [0.15, 0.2) is 23.9 Å². The molecule has 3 N–H and O–H groups in total. The average Bonchev–Trinajstić information content (AvgIpc) is 2.03. The van der Waals surface area contributed by atoms with Gasteiger partial charge in [-0.3, -0.25) is 4.79 Å². The van der Waals surface area contributed by atoms with Gasteiger partial charge in [0, 0.05) is 12.1 Å². The Morgan fingerprint density at radius 1 is 1.64 bits per heavy atom. The van der Waals surface area contributed by atoms with Crippen molar-refractivity contribution >= 4 is 5.91 Å². The molecule has 11 heavy (non-hydrogen) atoms. The van der Waals surface area contributed by atoms with Crippen molar-refractivity contribution in [3.63, 3.8) is 0 Å². The first-order valence-electron chi connectivity index (χ1n) is 3.65. The van der Waals surface area contributed by atoms with Gasteiger partial charge >= 0.3 is 0 Å². The lowest BCUT2D eigenvalue weighted by Gasteiger charge is -2.09. The highest BCUT2D eigenvalue weighted by Gasteiger charge is 1.98. The van der Waals surface area contributed by atoms with Crippen LogP contribution < -0.4 is 11.1 Å². The van der Waals surface area contributed by atoms with Crippen LogP contribution in [0.1, 0.15) is 12.8 Å². The van der Waals surface area contributed by atoms with Crippen molar-refractivity contribution in [2.45, 2.75) is 12.8 Å². The molecule has 0 aromatic heterocycles. The number of rotatable bonds is 3. The Hall–Kier alpha value is -1.25. The molecule has 0 saturated carbocycles. The van der Waals surface area contributed by atoms with Crippen LogP contribution in [-0.2, 0) is 4.79 Å². The Bertz CT molecular complexity index is 206. The van der Waals surface area contributed by atoms with Crippen LogP contribution in [0, 0.1) is 0 Å². The van der Waals surface area contributed by atoms with E-state index in [4.69, 9.17) is 5.73 Å². The van der Waals surface area contributed by atoms with Gasteiger partial charge in [0.1, 0.15) is 0 Å². The lowest BCUT2D eigenvalue weighted by atomic mass is 10.1. The minimum Gasteiger partial charge on any atom is -0.380 e. The number of primary amides is 1. The summed E-state index contributed by atoms with van der Waals surface area (Å²) < 4.78 is 0. The van der Waals surface area contributed by atoms with Gasteiger partial charge < -0.3 is 11.1 Å². The van der Waals surface area contributed by atoms with Crippen LogP contribution in [0.5, 0.6) is 0 Å². The summed E-state index contributed by atoms with van der Waals surface area (Å²) >= 11 is 0. The van der Waals surface area contributed by atoms with E-state index in [2.05, 4.69) is 23.5 Å². The molecule has 3 nitrogen and oxygen atoms in total. The fourth-order valence-corrected chi connectivity index (χ4v) is 0.945. The van der Waals surface area contributed by atoms with Crippen LogP contribution in [-0.4, -0.2) is 12.5 Å². The Morgan fingerprint density at radius 2 is 2.45 bits per heavy atom. The van der Waals surface area contributed by atoms with E-state index in [-0.39, 0.29) is 12.5 Å². The topological polar surface area (TPSA) is 55.1 Å². The van der Waals surface area contributed by atoms with Crippen LogP contribution in [0.25, 0.3) is 0 Å². The van der Waals surface area contributed by atoms with E-state index in [1.165, 1.54) is 0 Å². The van der Waals surface area contributed by atoms with E-state index in [9.17, 15) is 4.79 Å². The smallest absolute Gasteiger partial charge is 0.236 e. The van der Waals surface area contributed by atoms with Gasteiger partial charge in [0.2, 0.25) is 5.91 Å². The van der Waals surface area contributed by atoms with E-state index in [0.717, 1.165) is 18.5 Å². The van der Waals surface area contributed by atoms with Crippen molar-refractivity contribution in [1.29, 1.82) is 0 Å². The number of amides is 1. The second-order valence-corrected chi connectivity index (χ2v) is 2.46. The maximum atomic E-state index is 10.4. The number of nitrogens with one attached hydrogen (secondary N) is 1. The Morgan fingerprint density at radius 3 is 3.00 bits per heavy atom. The molecule has 1 aliphatic carbocycles. The quantitative estimate of drug-likeness (QED) is 0.571. The monoisotopic (exact) mass is 152 g/mol. The zero-order valence-electron chi connectivity index (χ0n) is 6.34. The van der Waals surface area contributed by atoms with Crippen molar-refractivity contribution < 1.29 is 4.79 Å². The minimum atomic E-state index is -0.319. The number of carbonyl (C=O) groups excluding carboxylic acids is 1. The molecule has 0 atom stereocenters. The van der Waals surface area contributed by atoms with Gasteiger partial charge in [0.05, 0.1) is 6.54 Å². The SMILES string of the molecule is NC(=O)CNC1=CCC=CC1. The predicted molar refractivity (Wildman–Crippen MR) is 43.7 cm³/mol. The standard InChI is InChI=1S/C8H12N2O/c9-8(11)6-10-7-4-2-1-3-5-7/h1-2,5,10H,3-4,6H2,(H2,9,11). The summed E-state index contributed by atoms with van der Waals surface area (Å²) in [5.74, 6) is -0.319. The molecule has 1 aliphatic rings. The second-order valence-electron chi connectivity index (χ2n) is 2.46. The molecule has 0 aliphatic heterocycles. The zero-order valence-corrected chi connectivity index (χ0v) is 6.34. The maximum absolute atomic E-state index is 10.4. The van der Waals surface area contributed by atoms with Crippen molar-refractivity contribution in [3.05, 3.63) is 23.9 Å². The zero-order chi connectivity index (χ0) is 8.10. The third kappa shape index (κ3) is 2.89. The van der Waals surface area contributed by atoms with E-state index >= 15 is 0 Å². The summed E-state index contributed by atoms with van der Waals surface area (Å²) in [6.45, 7) is 0.236. The highest BCUT2D eigenvalue weighted by molar-refractivity contribution is 5.76. The molecule has 0 aromatic carbocycles. The molecule has 1 rings (SSSR count). The number of nitrogens with two attached hydrogens (primary N) is 1. The molecule has 0 spiro atoms. The summed E-state index contributed by atoms with van der Waals surface area (Å²) in [7, 11) is 0. The molecule has 0 saturated heterocycles. The van der Waals surface area contributed by atoms with Gasteiger partial charge in [-0.15, -0.1) is 0 Å². The minimum absolute atomic E-state index is 0.236. The molecule has 0 unspecified atom stereocenters. The summed E-state index contributed by atoms with van der Waals surface area (Å²) in [4.78, 5) is 10.4. The van der Waals surface area contributed by atoms with Crippen molar-refractivity contribution in [2.75, 3.05) is 6.54 Å². The number of hydrogen-bond acceptors (Lipinski definition) is 2. The third-order valence-electron chi connectivity index (χ3n) is 1.49. The molecule has 0 fully saturated rings. The first kappa shape index (κ1) is 7.85. The molecule has 60 valence electrons. The van der Waals surface area contributed by atoms with Gasteiger partial charge in [0.25, 0.3) is 0 Å². The number of carbonyl (C=O) groups is 1. The first-order valence-corrected chi connectivity index (χ1v) is 3.65.